The molecule has 8 nitrogen and oxygen atoms in total. The van der Waals surface area contributed by atoms with Crippen molar-refractivity contribution < 1.29 is 9.53 Å². The molecule has 2 rings (SSSR count). The molecule has 8 heteroatoms. The molecule has 1 aromatic heterocycles. The monoisotopic (exact) mass is 400 g/mol. The Balaban J connectivity index is 1.74. The van der Waals surface area contributed by atoms with Gasteiger partial charge in [0.15, 0.2) is 5.96 Å². The molecular weight excluding hydrogens is 368 g/mol. The number of amides is 1. The zero-order valence-corrected chi connectivity index (χ0v) is 17.7. The standard InChI is InChI=1S/C21H32N6O2/c1-5-22-19(24-14-15-25-20(28)29-21(2,3)4)23-13-11-17-7-9-18(10-8-17)27-16-6-12-26-27/h6-10,12,16H,5,11,13-15H2,1-4H3,(H,25,28)(H2,22,23,24). The normalized spacial score (nSPS) is 11.8. The number of nitrogens with one attached hydrogen (secondary N) is 3. The largest absolute Gasteiger partial charge is 0.444 e. The topological polar surface area (TPSA) is 92.6 Å². The van der Waals surface area contributed by atoms with Crippen molar-refractivity contribution in [2.24, 2.45) is 4.99 Å². The molecule has 3 N–H and O–H groups in total. The van der Waals surface area contributed by atoms with E-state index in [1.54, 1.807) is 6.20 Å². The van der Waals surface area contributed by atoms with Gasteiger partial charge in [-0.25, -0.2) is 9.48 Å². The van der Waals surface area contributed by atoms with Gasteiger partial charge in [0.1, 0.15) is 5.60 Å². The first-order chi connectivity index (χ1) is 13.9. The highest BCUT2D eigenvalue weighted by Crippen LogP contribution is 2.09. The Labute approximate surface area is 172 Å². The molecule has 0 aliphatic carbocycles. The van der Waals surface area contributed by atoms with E-state index in [9.17, 15) is 4.79 Å². The van der Waals surface area contributed by atoms with Crippen molar-refractivity contribution in [1.29, 1.82) is 0 Å². The summed E-state index contributed by atoms with van der Waals surface area (Å²) in [7, 11) is 0. The molecule has 0 aliphatic heterocycles. The summed E-state index contributed by atoms with van der Waals surface area (Å²) in [6, 6.07) is 10.2. The third-order valence-corrected chi connectivity index (χ3v) is 3.81. The van der Waals surface area contributed by atoms with Crippen LogP contribution in [-0.4, -0.2) is 53.6 Å². The van der Waals surface area contributed by atoms with E-state index in [2.05, 4.69) is 50.3 Å². The summed E-state index contributed by atoms with van der Waals surface area (Å²) in [6.07, 6.45) is 4.11. The predicted molar refractivity (Wildman–Crippen MR) is 115 cm³/mol. The van der Waals surface area contributed by atoms with Crippen molar-refractivity contribution in [3.8, 4) is 5.69 Å². The molecule has 158 valence electrons. The van der Waals surface area contributed by atoms with Crippen molar-refractivity contribution in [1.82, 2.24) is 25.7 Å². The van der Waals surface area contributed by atoms with Gasteiger partial charge in [0.25, 0.3) is 0 Å². The first-order valence-corrected chi connectivity index (χ1v) is 9.95. The second kappa shape index (κ2) is 11.1. The van der Waals surface area contributed by atoms with Gasteiger partial charge in [0, 0.05) is 38.6 Å². The predicted octanol–water partition coefficient (Wildman–Crippen LogP) is 2.49. The minimum absolute atomic E-state index is 0.417. The van der Waals surface area contributed by atoms with Gasteiger partial charge in [-0.1, -0.05) is 12.1 Å². The molecule has 0 aliphatic rings. The van der Waals surface area contributed by atoms with Crippen LogP contribution in [0.3, 0.4) is 0 Å². The minimum Gasteiger partial charge on any atom is -0.444 e. The van der Waals surface area contributed by atoms with E-state index in [0.29, 0.717) is 19.6 Å². The summed E-state index contributed by atoms with van der Waals surface area (Å²) in [5.74, 6) is 0.728. The highest BCUT2D eigenvalue weighted by atomic mass is 16.6. The van der Waals surface area contributed by atoms with E-state index >= 15 is 0 Å². The first kappa shape index (κ1) is 22.3. The molecular formula is C21H32N6O2. The van der Waals surface area contributed by atoms with Gasteiger partial charge < -0.3 is 20.7 Å². The SMILES string of the molecule is CCNC(=NCCc1ccc(-n2cccn2)cc1)NCCNC(=O)OC(C)(C)C. The Kier molecular flexibility index (Phi) is 8.51. The Morgan fingerprint density at radius 1 is 1.14 bits per heavy atom. The van der Waals surface area contributed by atoms with Gasteiger partial charge in [-0.2, -0.15) is 5.10 Å². The number of aromatic nitrogens is 2. The number of nitrogens with zero attached hydrogens (tertiary/aromatic N) is 3. The molecule has 1 amide bonds. The molecule has 29 heavy (non-hydrogen) atoms. The van der Waals surface area contributed by atoms with Gasteiger partial charge in [-0.15, -0.1) is 0 Å². The number of carbonyl (C=O) groups excluding carboxylic acids is 1. The van der Waals surface area contributed by atoms with Crippen LogP contribution in [0.25, 0.3) is 5.69 Å². The van der Waals surface area contributed by atoms with E-state index in [1.165, 1.54) is 5.56 Å². The molecule has 1 aromatic carbocycles. The number of carbonyl (C=O) groups is 1. The zero-order chi connectivity index (χ0) is 21.1. The van der Waals surface area contributed by atoms with Crippen molar-refractivity contribution in [2.45, 2.75) is 39.7 Å². The zero-order valence-electron chi connectivity index (χ0n) is 17.7. The third-order valence-electron chi connectivity index (χ3n) is 3.81. The van der Waals surface area contributed by atoms with E-state index in [4.69, 9.17) is 4.74 Å². The summed E-state index contributed by atoms with van der Waals surface area (Å²) < 4.78 is 7.04. The number of rotatable bonds is 8. The van der Waals surface area contributed by atoms with Crippen LogP contribution in [0.1, 0.15) is 33.3 Å². The van der Waals surface area contributed by atoms with E-state index in [1.807, 2.05) is 44.6 Å². The molecule has 0 bridgehead atoms. The third kappa shape index (κ3) is 8.68. The lowest BCUT2D eigenvalue weighted by Crippen LogP contribution is -2.42. The lowest BCUT2D eigenvalue weighted by atomic mass is 10.1. The van der Waals surface area contributed by atoms with Crippen LogP contribution in [0.15, 0.2) is 47.7 Å². The maximum atomic E-state index is 11.6. The summed E-state index contributed by atoms with van der Waals surface area (Å²) in [5, 5.41) is 13.4. The lowest BCUT2D eigenvalue weighted by molar-refractivity contribution is 0.0529. The Morgan fingerprint density at radius 3 is 2.48 bits per heavy atom. The quantitative estimate of drug-likeness (QED) is 0.360. The summed E-state index contributed by atoms with van der Waals surface area (Å²) in [6.45, 7) is 9.98. The van der Waals surface area contributed by atoms with Crippen LogP contribution in [0.5, 0.6) is 0 Å². The van der Waals surface area contributed by atoms with Crippen LogP contribution in [0.4, 0.5) is 4.79 Å². The van der Waals surface area contributed by atoms with Gasteiger partial charge in [-0.3, -0.25) is 4.99 Å². The van der Waals surface area contributed by atoms with Gasteiger partial charge in [0.05, 0.1) is 5.69 Å². The second-order valence-electron chi connectivity index (χ2n) is 7.48. The summed E-state index contributed by atoms with van der Waals surface area (Å²) in [5.41, 5.74) is 1.76. The Bertz CT molecular complexity index is 763. The lowest BCUT2D eigenvalue weighted by Gasteiger charge is -2.19. The average molecular weight is 401 g/mol. The van der Waals surface area contributed by atoms with E-state index in [-0.39, 0.29) is 0 Å². The van der Waals surface area contributed by atoms with Gasteiger partial charge in [0.2, 0.25) is 0 Å². The number of aliphatic imine (C=N–C) groups is 1. The van der Waals surface area contributed by atoms with Gasteiger partial charge >= 0.3 is 6.09 Å². The molecule has 0 saturated heterocycles. The number of alkyl carbamates (subject to hydrolysis) is 1. The highest BCUT2D eigenvalue weighted by Gasteiger charge is 2.15. The fourth-order valence-corrected chi connectivity index (χ4v) is 2.54. The van der Waals surface area contributed by atoms with Crippen LogP contribution in [0, 0.1) is 0 Å². The fourth-order valence-electron chi connectivity index (χ4n) is 2.54. The number of benzene rings is 1. The molecule has 0 spiro atoms. The maximum Gasteiger partial charge on any atom is 0.407 e. The van der Waals surface area contributed by atoms with Crippen molar-refractivity contribution >= 4 is 12.1 Å². The van der Waals surface area contributed by atoms with Crippen molar-refractivity contribution in [3.63, 3.8) is 0 Å². The minimum atomic E-state index is -0.496. The van der Waals surface area contributed by atoms with E-state index < -0.39 is 11.7 Å². The van der Waals surface area contributed by atoms with Crippen LogP contribution in [-0.2, 0) is 11.2 Å². The average Bonchev–Trinajstić information content (AvgIpc) is 3.19. The number of hydrogen-bond donors (Lipinski definition) is 3. The van der Waals surface area contributed by atoms with Crippen molar-refractivity contribution in [3.05, 3.63) is 48.3 Å². The smallest absolute Gasteiger partial charge is 0.407 e. The molecule has 0 saturated carbocycles. The molecule has 0 radical (unpaired) electrons. The van der Waals surface area contributed by atoms with Crippen LogP contribution < -0.4 is 16.0 Å². The van der Waals surface area contributed by atoms with Crippen LogP contribution >= 0.6 is 0 Å². The molecule has 0 unspecified atom stereocenters. The Morgan fingerprint density at radius 2 is 1.86 bits per heavy atom. The molecule has 0 atom stereocenters. The van der Waals surface area contributed by atoms with Crippen LogP contribution in [0.2, 0.25) is 0 Å². The molecule has 0 fully saturated rings. The number of ether oxygens (including phenoxy) is 1. The van der Waals surface area contributed by atoms with E-state index in [0.717, 1.165) is 24.6 Å². The molecule has 2 aromatic rings. The fraction of sp³-hybridized carbons (Fsp3) is 0.476. The van der Waals surface area contributed by atoms with Crippen molar-refractivity contribution in [2.75, 3.05) is 26.2 Å². The maximum absolute atomic E-state index is 11.6. The first-order valence-electron chi connectivity index (χ1n) is 9.95. The van der Waals surface area contributed by atoms with Gasteiger partial charge in [-0.05, 0) is 57.9 Å². The number of guanidine groups is 1. The summed E-state index contributed by atoms with van der Waals surface area (Å²) in [4.78, 5) is 16.2. The highest BCUT2D eigenvalue weighted by molar-refractivity contribution is 5.79. The second-order valence-corrected chi connectivity index (χ2v) is 7.48. The molecule has 1 heterocycles. The number of hydrogen-bond acceptors (Lipinski definition) is 4. The summed E-state index contributed by atoms with van der Waals surface area (Å²) >= 11 is 0. The Hall–Kier alpha value is -3.03.